The summed E-state index contributed by atoms with van der Waals surface area (Å²) < 4.78 is 7.41. The molecule has 1 aliphatic heterocycles. The molecule has 5 heteroatoms. The van der Waals surface area contributed by atoms with Gasteiger partial charge in [-0.05, 0) is 44.1 Å². The van der Waals surface area contributed by atoms with Crippen molar-refractivity contribution in [3.63, 3.8) is 0 Å². The second-order valence-electron chi connectivity index (χ2n) is 5.34. The van der Waals surface area contributed by atoms with Crippen LogP contribution in [0, 0.1) is 4.84 Å². The van der Waals surface area contributed by atoms with Gasteiger partial charge in [-0.15, -0.1) is 5.10 Å². The van der Waals surface area contributed by atoms with Crippen LogP contribution in [0.5, 0.6) is 0 Å². The van der Waals surface area contributed by atoms with Crippen molar-refractivity contribution in [2.24, 2.45) is 0 Å². The average Bonchev–Trinajstić information content (AvgIpc) is 2.84. The van der Waals surface area contributed by atoms with Gasteiger partial charge in [0.1, 0.15) is 0 Å². The summed E-state index contributed by atoms with van der Waals surface area (Å²) in [5.74, 6) is 0.597. The highest BCUT2D eigenvalue weighted by Gasteiger charge is 2.19. The van der Waals surface area contributed by atoms with Crippen LogP contribution in [0.2, 0.25) is 0 Å². The third-order valence-electron chi connectivity index (χ3n) is 3.88. The van der Waals surface area contributed by atoms with Gasteiger partial charge in [0, 0.05) is 18.2 Å². The van der Waals surface area contributed by atoms with E-state index in [-0.39, 0.29) is 0 Å². The van der Waals surface area contributed by atoms with E-state index >= 15 is 0 Å². The van der Waals surface area contributed by atoms with Gasteiger partial charge in [0.25, 0.3) is 4.84 Å². The molecule has 0 aliphatic carbocycles. The van der Waals surface area contributed by atoms with Crippen LogP contribution in [-0.2, 0) is 6.67 Å². The standard InChI is InChI=1S/C15H19N3OS/c1-12-7-5-6-10-17(12)11-18-15(20)19-14(16-18)13-8-3-2-4-9-13/h2-4,8-9,12H,5-7,10-11H2,1H3/t12-/m1/s1. The molecule has 1 atom stereocenters. The van der Waals surface area contributed by atoms with Crippen molar-refractivity contribution in [3.05, 3.63) is 35.2 Å². The molecule has 1 fully saturated rings. The Morgan fingerprint density at radius 2 is 2.10 bits per heavy atom. The minimum Gasteiger partial charge on any atom is -0.409 e. The Labute approximate surface area is 124 Å². The normalized spacial score (nSPS) is 20.1. The Hall–Kier alpha value is -1.46. The van der Waals surface area contributed by atoms with E-state index in [9.17, 15) is 0 Å². The van der Waals surface area contributed by atoms with E-state index in [2.05, 4.69) is 16.9 Å². The lowest BCUT2D eigenvalue weighted by Crippen LogP contribution is -2.38. The maximum Gasteiger partial charge on any atom is 0.288 e. The number of benzene rings is 1. The molecule has 2 aromatic rings. The first-order valence-electron chi connectivity index (χ1n) is 7.11. The van der Waals surface area contributed by atoms with Gasteiger partial charge in [-0.3, -0.25) is 4.90 Å². The monoisotopic (exact) mass is 289 g/mol. The fraction of sp³-hybridized carbons (Fsp3) is 0.467. The van der Waals surface area contributed by atoms with Gasteiger partial charge < -0.3 is 4.42 Å². The van der Waals surface area contributed by atoms with Gasteiger partial charge in [-0.1, -0.05) is 24.6 Å². The molecule has 0 unspecified atom stereocenters. The summed E-state index contributed by atoms with van der Waals surface area (Å²) in [6.07, 6.45) is 3.81. The fourth-order valence-corrected chi connectivity index (χ4v) is 2.81. The molecule has 20 heavy (non-hydrogen) atoms. The summed E-state index contributed by atoms with van der Waals surface area (Å²) in [5.41, 5.74) is 0.962. The van der Waals surface area contributed by atoms with E-state index < -0.39 is 0 Å². The van der Waals surface area contributed by atoms with E-state index in [1.807, 2.05) is 30.3 Å². The SMILES string of the molecule is C[C@@H]1CCCCN1Cn1nc(-c2ccccc2)oc1=S. The molecule has 0 saturated carbocycles. The predicted octanol–water partition coefficient (Wildman–Crippen LogP) is 3.70. The lowest BCUT2D eigenvalue weighted by atomic mass is 10.0. The van der Waals surface area contributed by atoms with Crippen LogP contribution < -0.4 is 0 Å². The topological polar surface area (TPSA) is 34.2 Å². The summed E-state index contributed by atoms with van der Waals surface area (Å²) in [4.78, 5) is 2.86. The van der Waals surface area contributed by atoms with Crippen LogP contribution in [-0.4, -0.2) is 27.3 Å². The van der Waals surface area contributed by atoms with Gasteiger partial charge in [0.05, 0.1) is 6.67 Å². The molecule has 4 nitrogen and oxygen atoms in total. The molecule has 0 bridgehead atoms. The number of hydrogen-bond donors (Lipinski definition) is 0. The van der Waals surface area contributed by atoms with E-state index in [1.165, 1.54) is 19.3 Å². The van der Waals surface area contributed by atoms with Gasteiger partial charge >= 0.3 is 0 Å². The van der Waals surface area contributed by atoms with Crippen molar-refractivity contribution in [2.45, 2.75) is 38.9 Å². The minimum atomic E-state index is 0.446. The average molecular weight is 289 g/mol. The first kappa shape index (κ1) is 13.5. The number of likely N-dealkylation sites (tertiary alicyclic amines) is 1. The Kier molecular flexibility index (Phi) is 3.98. The Bertz CT molecular complexity index is 620. The van der Waals surface area contributed by atoms with Crippen LogP contribution in [0.25, 0.3) is 11.5 Å². The molecular formula is C15H19N3OS. The number of rotatable bonds is 3. The highest BCUT2D eigenvalue weighted by atomic mass is 32.1. The zero-order valence-corrected chi connectivity index (χ0v) is 12.5. The van der Waals surface area contributed by atoms with Crippen LogP contribution in [0.1, 0.15) is 26.2 Å². The van der Waals surface area contributed by atoms with Crippen molar-refractivity contribution < 1.29 is 4.42 Å². The zero-order chi connectivity index (χ0) is 13.9. The molecule has 2 heterocycles. The third kappa shape index (κ3) is 2.83. The zero-order valence-electron chi connectivity index (χ0n) is 11.7. The molecule has 0 N–H and O–H groups in total. The molecule has 3 rings (SSSR count). The summed E-state index contributed by atoms with van der Waals surface area (Å²) in [7, 11) is 0. The van der Waals surface area contributed by atoms with Crippen LogP contribution in [0.4, 0.5) is 0 Å². The maximum absolute atomic E-state index is 5.62. The third-order valence-corrected chi connectivity index (χ3v) is 4.18. The summed E-state index contributed by atoms with van der Waals surface area (Å²) in [6, 6.07) is 10.5. The van der Waals surface area contributed by atoms with E-state index in [0.29, 0.717) is 16.8 Å². The van der Waals surface area contributed by atoms with Gasteiger partial charge in [0.2, 0.25) is 5.89 Å². The fourth-order valence-electron chi connectivity index (χ4n) is 2.63. The molecule has 106 valence electrons. The van der Waals surface area contributed by atoms with E-state index in [4.69, 9.17) is 16.6 Å². The van der Waals surface area contributed by atoms with Gasteiger partial charge in [-0.25, -0.2) is 4.68 Å². The molecule has 1 aliphatic rings. The van der Waals surface area contributed by atoms with Crippen molar-refractivity contribution in [3.8, 4) is 11.5 Å². The molecule has 1 aromatic heterocycles. The predicted molar refractivity (Wildman–Crippen MR) is 80.8 cm³/mol. The van der Waals surface area contributed by atoms with E-state index in [0.717, 1.165) is 18.8 Å². The number of aromatic nitrogens is 2. The second kappa shape index (κ2) is 5.89. The molecule has 0 radical (unpaired) electrons. The Morgan fingerprint density at radius 3 is 2.85 bits per heavy atom. The van der Waals surface area contributed by atoms with Crippen molar-refractivity contribution >= 4 is 12.2 Å². The highest BCUT2D eigenvalue weighted by molar-refractivity contribution is 7.71. The number of hydrogen-bond acceptors (Lipinski definition) is 4. The van der Waals surface area contributed by atoms with Crippen molar-refractivity contribution in [1.29, 1.82) is 0 Å². The van der Waals surface area contributed by atoms with E-state index in [1.54, 1.807) is 4.68 Å². The smallest absolute Gasteiger partial charge is 0.288 e. The summed E-state index contributed by atoms with van der Waals surface area (Å²) in [5, 5.41) is 4.51. The molecule has 0 spiro atoms. The lowest BCUT2D eigenvalue weighted by molar-refractivity contribution is 0.113. The summed E-state index contributed by atoms with van der Waals surface area (Å²) >= 11 is 5.29. The van der Waals surface area contributed by atoms with Crippen LogP contribution >= 0.6 is 12.2 Å². The molecular weight excluding hydrogens is 270 g/mol. The van der Waals surface area contributed by atoms with Gasteiger partial charge in [-0.2, -0.15) is 0 Å². The van der Waals surface area contributed by atoms with Crippen molar-refractivity contribution in [2.75, 3.05) is 6.54 Å². The maximum atomic E-state index is 5.62. The minimum absolute atomic E-state index is 0.446. The number of nitrogens with zero attached hydrogens (tertiary/aromatic N) is 3. The molecule has 0 amide bonds. The van der Waals surface area contributed by atoms with Crippen LogP contribution in [0.3, 0.4) is 0 Å². The summed E-state index contributed by atoms with van der Waals surface area (Å²) in [6.45, 7) is 4.09. The highest BCUT2D eigenvalue weighted by Crippen LogP contribution is 2.20. The van der Waals surface area contributed by atoms with Gasteiger partial charge in [0.15, 0.2) is 0 Å². The Balaban J connectivity index is 1.81. The first-order valence-corrected chi connectivity index (χ1v) is 7.52. The first-order chi connectivity index (χ1) is 9.74. The lowest BCUT2D eigenvalue weighted by Gasteiger charge is -2.32. The quantitative estimate of drug-likeness (QED) is 0.807. The van der Waals surface area contributed by atoms with Crippen molar-refractivity contribution in [1.82, 2.24) is 14.7 Å². The van der Waals surface area contributed by atoms with Crippen LogP contribution in [0.15, 0.2) is 34.7 Å². The largest absolute Gasteiger partial charge is 0.409 e. The molecule has 1 aromatic carbocycles. The number of piperidine rings is 1. The molecule has 1 saturated heterocycles. The Morgan fingerprint density at radius 1 is 1.30 bits per heavy atom. The second-order valence-corrected chi connectivity index (χ2v) is 5.69.